The van der Waals surface area contributed by atoms with Gasteiger partial charge in [-0.05, 0) is 127 Å². The van der Waals surface area contributed by atoms with Crippen LogP contribution < -0.4 is 0 Å². The quantitative estimate of drug-likeness (QED) is 0.158. The molecule has 0 radical (unpaired) electrons. The highest BCUT2D eigenvalue weighted by Gasteiger charge is 2.35. The average molecular weight is 779 g/mol. The predicted octanol–water partition coefficient (Wildman–Crippen LogP) is 15.6. The molecule has 0 saturated heterocycles. The summed E-state index contributed by atoms with van der Waals surface area (Å²) in [6, 6.07) is 68.4. The van der Waals surface area contributed by atoms with Crippen LogP contribution in [0, 0.1) is 0 Å². The molecule has 2 heteroatoms. The van der Waals surface area contributed by atoms with Gasteiger partial charge in [-0.2, -0.15) is 0 Å². The number of rotatable bonds is 4. The lowest BCUT2D eigenvalue weighted by molar-refractivity contribution is 0.660. The zero-order valence-electron chi connectivity index (χ0n) is 34.3. The van der Waals surface area contributed by atoms with E-state index in [-0.39, 0.29) is 5.41 Å². The summed E-state index contributed by atoms with van der Waals surface area (Å²) in [5, 5.41) is 8.87. The zero-order chi connectivity index (χ0) is 40.4. The third kappa shape index (κ3) is 4.85. The van der Waals surface area contributed by atoms with Crippen LogP contribution in [0.1, 0.15) is 42.7 Å². The van der Waals surface area contributed by atoms with E-state index in [0.717, 1.165) is 18.5 Å². The van der Waals surface area contributed by atoms with Crippen molar-refractivity contribution in [1.29, 1.82) is 0 Å². The molecule has 61 heavy (non-hydrogen) atoms. The van der Waals surface area contributed by atoms with Gasteiger partial charge in [-0.15, -0.1) is 0 Å². The second kappa shape index (κ2) is 12.8. The van der Waals surface area contributed by atoms with Gasteiger partial charge < -0.3 is 9.13 Å². The fourth-order valence-corrected chi connectivity index (χ4v) is 11.2. The molecule has 11 aromatic rings. The molecule has 0 spiro atoms. The molecule has 0 bridgehead atoms. The normalized spacial score (nSPS) is 14.0. The van der Waals surface area contributed by atoms with E-state index < -0.39 is 0 Å². The highest BCUT2D eigenvalue weighted by molar-refractivity contribution is 6.22. The Morgan fingerprint density at radius 2 is 0.967 bits per heavy atom. The lowest BCUT2D eigenvalue weighted by Crippen LogP contribution is -2.14. The molecule has 2 nitrogen and oxygen atoms in total. The van der Waals surface area contributed by atoms with Crippen molar-refractivity contribution < 1.29 is 0 Å². The van der Waals surface area contributed by atoms with Crippen molar-refractivity contribution in [3.8, 4) is 44.8 Å². The summed E-state index contributed by atoms with van der Waals surface area (Å²) in [6.07, 6.45) is 6.73. The van der Waals surface area contributed by atoms with Crippen LogP contribution in [-0.4, -0.2) is 9.13 Å². The second-order valence-corrected chi connectivity index (χ2v) is 17.5. The maximum absolute atomic E-state index is 2.54. The van der Waals surface area contributed by atoms with Crippen LogP contribution >= 0.6 is 0 Å². The smallest absolute Gasteiger partial charge is 0.0541 e. The standard InChI is InChI=1S/C59H42N2/c1-59(2)51-23-11-6-18-41(51)42-31-28-38(34-52(42)59)58-47-32-29-39(60-53-24-12-7-19-43(53)44-20-8-13-25-54(44)60)35-49(47)57(37-16-4-3-5-17-37)50-36-40(30-33-48(50)58)61-55-26-14-9-21-45(55)46-22-10-15-27-56(46)61/h3-14,16-26,28-36H,15,27H2,1-2H3. The zero-order valence-corrected chi connectivity index (χ0v) is 34.3. The van der Waals surface area contributed by atoms with E-state index in [9.17, 15) is 0 Å². The highest BCUT2D eigenvalue weighted by atomic mass is 15.0. The number of aromatic nitrogens is 2. The predicted molar refractivity (Wildman–Crippen MR) is 258 cm³/mol. The molecule has 0 aliphatic heterocycles. The third-order valence-corrected chi connectivity index (χ3v) is 14.0. The first kappa shape index (κ1) is 34.4. The van der Waals surface area contributed by atoms with Gasteiger partial charge in [0.05, 0.1) is 16.6 Å². The number of para-hydroxylation sites is 3. The molecule has 2 heterocycles. The summed E-state index contributed by atoms with van der Waals surface area (Å²) in [7, 11) is 0. The highest BCUT2D eigenvalue weighted by Crippen LogP contribution is 2.52. The van der Waals surface area contributed by atoms with Gasteiger partial charge in [0.1, 0.15) is 0 Å². The van der Waals surface area contributed by atoms with Crippen molar-refractivity contribution in [3.05, 3.63) is 210 Å². The van der Waals surface area contributed by atoms with Gasteiger partial charge in [0, 0.05) is 44.2 Å². The van der Waals surface area contributed by atoms with Crippen LogP contribution in [0.5, 0.6) is 0 Å². The summed E-state index contributed by atoms with van der Waals surface area (Å²) in [5.41, 5.74) is 19.2. The Labute approximate surface area is 355 Å². The van der Waals surface area contributed by atoms with Gasteiger partial charge in [0.15, 0.2) is 0 Å². The molecule has 9 aromatic carbocycles. The van der Waals surface area contributed by atoms with E-state index >= 15 is 0 Å². The average Bonchev–Trinajstić information content (AvgIpc) is 3.91. The number of hydrogen-bond acceptors (Lipinski definition) is 0. The molecule has 0 saturated carbocycles. The van der Waals surface area contributed by atoms with Crippen LogP contribution in [0.25, 0.3) is 105 Å². The van der Waals surface area contributed by atoms with Crippen molar-refractivity contribution in [2.45, 2.75) is 32.1 Å². The van der Waals surface area contributed by atoms with Crippen LogP contribution in [0.2, 0.25) is 0 Å². The molecular weight excluding hydrogens is 737 g/mol. The van der Waals surface area contributed by atoms with Gasteiger partial charge in [0.25, 0.3) is 0 Å². The first-order valence-corrected chi connectivity index (χ1v) is 21.7. The Hall–Kier alpha value is -7.42. The molecule has 0 unspecified atom stereocenters. The van der Waals surface area contributed by atoms with Gasteiger partial charge in [-0.1, -0.05) is 159 Å². The maximum atomic E-state index is 2.54. The largest absolute Gasteiger partial charge is 0.313 e. The van der Waals surface area contributed by atoms with Crippen LogP contribution in [-0.2, 0) is 11.8 Å². The molecule has 0 fully saturated rings. The molecule has 0 atom stereocenters. The van der Waals surface area contributed by atoms with E-state index in [1.54, 1.807) is 0 Å². The maximum Gasteiger partial charge on any atom is 0.0541 e. The fraction of sp³-hybridized carbons (Fsp3) is 0.0847. The van der Waals surface area contributed by atoms with Crippen molar-refractivity contribution in [1.82, 2.24) is 9.13 Å². The molecule has 2 aliphatic rings. The van der Waals surface area contributed by atoms with E-state index in [4.69, 9.17) is 0 Å². The molecule has 0 amide bonds. The van der Waals surface area contributed by atoms with Gasteiger partial charge >= 0.3 is 0 Å². The van der Waals surface area contributed by atoms with Crippen LogP contribution in [0.3, 0.4) is 0 Å². The topological polar surface area (TPSA) is 9.86 Å². The lowest BCUT2D eigenvalue weighted by Gasteiger charge is -2.23. The molecule has 2 aliphatic carbocycles. The SMILES string of the molecule is CC1(C)c2ccccc2-c2ccc(-c3c4ccc(-n5c6c(c7ccccc75)C=CCC6)cc4c(-c4ccccc4)c4cc(-n5c6ccccc6c6ccccc65)ccc34)cc21. The van der Waals surface area contributed by atoms with E-state index in [2.05, 4.69) is 217 Å². The number of nitrogens with zero attached hydrogens (tertiary/aromatic N) is 2. The minimum absolute atomic E-state index is 0.114. The van der Waals surface area contributed by atoms with Crippen molar-refractivity contribution >= 4 is 60.3 Å². The van der Waals surface area contributed by atoms with E-state index in [1.165, 1.54) is 116 Å². The third-order valence-electron chi connectivity index (χ3n) is 14.0. The van der Waals surface area contributed by atoms with Gasteiger partial charge in [-0.25, -0.2) is 0 Å². The number of benzene rings is 9. The lowest BCUT2D eigenvalue weighted by atomic mass is 9.80. The molecule has 13 rings (SSSR count). The van der Waals surface area contributed by atoms with Gasteiger partial charge in [-0.3, -0.25) is 0 Å². The number of allylic oxidation sites excluding steroid dienone is 1. The second-order valence-electron chi connectivity index (χ2n) is 17.5. The van der Waals surface area contributed by atoms with Gasteiger partial charge in [0.2, 0.25) is 0 Å². The minimum atomic E-state index is -0.114. The first-order valence-electron chi connectivity index (χ1n) is 21.7. The number of hydrogen-bond donors (Lipinski definition) is 0. The summed E-state index contributed by atoms with van der Waals surface area (Å²) >= 11 is 0. The Balaban J connectivity index is 1.17. The molecule has 2 aromatic heterocycles. The molecular formula is C59H42N2. The Morgan fingerprint density at radius 1 is 0.410 bits per heavy atom. The fourth-order valence-electron chi connectivity index (χ4n) is 11.2. The van der Waals surface area contributed by atoms with Crippen molar-refractivity contribution in [2.75, 3.05) is 0 Å². The molecule has 0 N–H and O–H groups in total. The summed E-state index contributed by atoms with van der Waals surface area (Å²) in [5.74, 6) is 0. The van der Waals surface area contributed by atoms with E-state index in [1.807, 2.05) is 0 Å². The van der Waals surface area contributed by atoms with Crippen LogP contribution in [0.15, 0.2) is 188 Å². The number of fused-ring (bicyclic) bond motifs is 11. The van der Waals surface area contributed by atoms with Crippen molar-refractivity contribution in [3.63, 3.8) is 0 Å². The molecule has 288 valence electrons. The summed E-state index contributed by atoms with van der Waals surface area (Å²) in [6.45, 7) is 4.77. The first-order chi connectivity index (χ1) is 30.0. The monoisotopic (exact) mass is 778 g/mol. The van der Waals surface area contributed by atoms with Crippen molar-refractivity contribution in [2.24, 2.45) is 0 Å². The van der Waals surface area contributed by atoms with E-state index in [0.29, 0.717) is 0 Å². The summed E-state index contributed by atoms with van der Waals surface area (Å²) < 4.78 is 5.00. The Morgan fingerprint density at radius 3 is 1.67 bits per heavy atom. The minimum Gasteiger partial charge on any atom is -0.313 e. The van der Waals surface area contributed by atoms with Crippen LogP contribution in [0.4, 0.5) is 0 Å². The Bertz CT molecular complexity index is 3610. The summed E-state index contributed by atoms with van der Waals surface area (Å²) in [4.78, 5) is 0. The Kier molecular flexibility index (Phi) is 7.22.